The van der Waals surface area contributed by atoms with E-state index in [1.54, 1.807) is 6.07 Å². The van der Waals surface area contributed by atoms with E-state index in [2.05, 4.69) is 15.3 Å². The lowest BCUT2D eigenvalue weighted by Crippen LogP contribution is -2.38. The van der Waals surface area contributed by atoms with Crippen LogP contribution < -0.4 is 11.1 Å². The van der Waals surface area contributed by atoms with Gasteiger partial charge in [-0.05, 0) is 43.9 Å². The number of primary amides is 1. The van der Waals surface area contributed by atoms with Crippen molar-refractivity contribution in [3.63, 3.8) is 0 Å². The summed E-state index contributed by atoms with van der Waals surface area (Å²) in [4.78, 5) is 19.6. The maximum absolute atomic E-state index is 11.6. The number of aromatic amines is 1. The smallest absolute Gasteiger partial charge is 0.252 e. The predicted octanol–water partition coefficient (Wildman–Crippen LogP) is 1.91. The Bertz CT molecular complexity index is 715. The summed E-state index contributed by atoms with van der Waals surface area (Å²) >= 11 is 6.07. The second-order valence-corrected chi connectivity index (χ2v) is 6.25. The molecule has 2 atom stereocenters. The number of rotatable bonds is 2. The average Bonchev–Trinajstić information content (AvgIpc) is 3.11. The van der Waals surface area contributed by atoms with E-state index in [0.717, 1.165) is 36.6 Å². The van der Waals surface area contributed by atoms with Crippen LogP contribution in [0.15, 0.2) is 12.1 Å². The van der Waals surface area contributed by atoms with E-state index < -0.39 is 5.91 Å². The third-order valence-corrected chi connectivity index (χ3v) is 4.96. The van der Waals surface area contributed by atoms with Gasteiger partial charge in [0.1, 0.15) is 11.3 Å². The van der Waals surface area contributed by atoms with Crippen molar-refractivity contribution in [1.29, 1.82) is 0 Å². The molecule has 1 aliphatic carbocycles. The molecular formula is C14H15ClN4O. The molecule has 6 heteroatoms. The molecule has 5 nitrogen and oxygen atoms in total. The Morgan fingerprint density at radius 2 is 2.35 bits per heavy atom. The number of halogens is 1. The third-order valence-electron chi connectivity index (χ3n) is 4.65. The highest BCUT2D eigenvalue weighted by molar-refractivity contribution is 6.35. The van der Waals surface area contributed by atoms with Crippen molar-refractivity contribution < 1.29 is 4.79 Å². The zero-order chi connectivity index (χ0) is 13.9. The Morgan fingerprint density at radius 1 is 1.50 bits per heavy atom. The van der Waals surface area contributed by atoms with E-state index in [4.69, 9.17) is 17.3 Å². The van der Waals surface area contributed by atoms with Crippen LogP contribution >= 0.6 is 11.6 Å². The van der Waals surface area contributed by atoms with Crippen LogP contribution in [-0.2, 0) is 5.54 Å². The summed E-state index contributed by atoms with van der Waals surface area (Å²) in [5.74, 6) is 1.10. The van der Waals surface area contributed by atoms with Crippen LogP contribution in [0.1, 0.15) is 35.4 Å². The first-order chi connectivity index (χ1) is 9.59. The van der Waals surface area contributed by atoms with Crippen LogP contribution in [0.2, 0.25) is 5.02 Å². The standard InChI is InChI=1S/C14H15ClN4O/c15-8-1-2-9-11(10(8)12(16)20)19-13(18-9)14-4-3-7(5-14)6-17-14/h1-2,7,17H,3-6H2,(H2,16,20)(H,18,19). The molecule has 104 valence electrons. The molecule has 20 heavy (non-hydrogen) atoms. The Balaban J connectivity index is 1.91. The number of fused-ring (bicyclic) bond motifs is 3. The second-order valence-electron chi connectivity index (χ2n) is 5.84. The highest BCUT2D eigenvalue weighted by Gasteiger charge is 2.47. The molecule has 1 aromatic heterocycles. The zero-order valence-corrected chi connectivity index (χ0v) is 11.6. The largest absolute Gasteiger partial charge is 0.365 e. The van der Waals surface area contributed by atoms with Crippen LogP contribution in [0.25, 0.3) is 11.0 Å². The van der Waals surface area contributed by atoms with Crippen LogP contribution in [0.4, 0.5) is 0 Å². The molecule has 2 fully saturated rings. The molecule has 0 radical (unpaired) electrons. The fraction of sp³-hybridized carbons (Fsp3) is 0.429. The fourth-order valence-corrected chi connectivity index (χ4v) is 3.88. The summed E-state index contributed by atoms with van der Waals surface area (Å²) in [6.45, 7) is 1.04. The van der Waals surface area contributed by atoms with Gasteiger partial charge in [-0.3, -0.25) is 4.79 Å². The predicted molar refractivity (Wildman–Crippen MR) is 76.6 cm³/mol. The van der Waals surface area contributed by atoms with E-state index in [-0.39, 0.29) is 5.54 Å². The number of benzene rings is 1. The topological polar surface area (TPSA) is 83.8 Å². The number of carbonyl (C=O) groups excluding carboxylic acids is 1. The number of hydrogen-bond donors (Lipinski definition) is 3. The number of imidazole rings is 1. The summed E-state index contributed by atoms with van der Waals surface area (Å²) in [5.41, 5.74) is 7.05. The van der Waals surface area contributed by atoms with Gasteiger partial charge in [0.15, 0.2) is 0 Å². The first-order valence-electron chi connectivity index (χ1n) is 6.83. The molecule has 2 aliphatic rings. The first kappa shape index (κ1) is 12.2. The highest BCUT2D eigenvalue weighted by Crippen LogP contribution is 2.46. The van der Waals surface area contributed by atoms with Gasteiger partial charge in [0.2, 0.25) is 0 Å². The Hall–Kier alpha value is -1.59. The van der Waals surface area contributed by atoms with Crippen LogP contribution in [0, 0.1) is 5.92 Å². The minimum Gasteiger partial charge on any atom is -0.365 e. The minimum absolute atomic E-state index is 0.0644. The zero-order valence-electron chi connectivity index (χ0n) is 10.9. The molecule has 4 N–H and O–H groups in total. The number of piperidine rings is 1. The Labute approximate surface area is 120 Å². The van der Waals surface area contributed by atoms with E-state index in [1.807, 2.05) is 6.07 Å². The van der Waals surface area contributed by atoms with Gasteiger partial charge in [-0.15, -0.1) is 0 Å². The molecule has 1 aliphatic heterocycles. The molecular weight excluding hydrogens is 276 g/mol. The maximum atomic E-state index is 11.6. The van der Waals surface area contributed by atoms with Gasteiger partial charge >= 0.3 is 0 Å². The lowest BCUT2D eigenvalue weighted by Gasteiger charge is -2.25. The molecule has 1 saturated carbocycles. The van der Waals surface area contributed by atoms with Crippen molar-refractivity contribution in [1.82, 2.24) is 15.3 Å². The van der Waals surface area contributed by atoms with Crippen LogP contribution in [0.5, 0.6) is 0 Å². The molecule has 2 unspecified atom stereocenters. The quantitative estimate of drug-likeness (QED) is 0.790. The summed E-state index contributed by atoms with van der Waals surface area (Å²) in [7, 11) is 0. The van der Waals surface area contributed by atoms with Crippen LogP contribution in [-0.4, -0.2) is 22.4 Å². The number of hydrogen-bond acceptors (Lipinski definition) is 3. The lowest BCUT2D eigenvalue weighted by molar-refractivity contribution is 0.100. The number of amides is 1. The van der Waals surface area contributed by atoms with Gasteiger partial charge in [-0.1, -0.05) is 11.6 Å². The summed E-state index contributed by atoms with van der Waals surface area (Å²) in [6, 6.07) is 3.53. The van der Waals surface area contributed by atoms with Crippen molar-refractivity contribution >= 4 is 28.5 Å². The summed E-state index contributed by atoms with van der Waals surface area (Å²) < 4.78 is 0. The van der Waals surface area contributed by atoms with Gasteiger partial charge < -0.3 is 16.0 Å². The SMILES string of the molecule is NC(=O)c1c(Cl)ccc2[nH]c(C34CCC(CN3)C4)nc12. The van der Waals surface area contributed by atoms with Crippen molar-refractivity contribution in [2.24, 2.45) is 11.7 Å². The monoisotopic (exact) mass is 290 g/mol. The third kappa shape index (κ3) is 1.53. The molecule has 2 bridgehead atoms. The average molecular weight is 291 g/mol. The number of nitrogens with one attached hydrogen (secondary N) is 2. The Morgan fingerprint density at radius 3 is 2.95 bits per heavy atom. The van der Waals surface area contributed by atoms with Crippen molar-refractivity contribution in [2.45, 2.75) is 24.8 Å². The second kappa shape index (κ2) is 3.96. The van der Waals surface area contributed by atoms with E-state index >= 15 is 0 Å². The van der Waals surface area contributed by atoms with Crippen LogP contribution in [0.3, 0.4) is 0 Å². The molecule has 1 aromatic carbocycles. The number of aromatic nitrogens is 2. The molecule has 0 spiro atoms. The van der Waals surface area contributed by atoms with Crippen molar-refractivity contribution in [3.8, 4) is 0 Å². The summed E-state index contributed by atoms with van der Waals surface area (Å²) in [6.07, 6.45) is 3.41. The van der Waals surface area contributed by atoms with Gasteiger partial charge in [-0.2, -0.15) is 0 Å². The van der Waals surface area contributed by atoms with E-state index in [1.165, 1.54) is 6.42 Å². The van der Waals surface area contributed by atoms with Crippen molar-refractivity contribution in [2.75, 3.05) is 6.54 Å². The van der Waals surface area contributed by atoms with Gasteiger partial charge in [0, 0.05) is 0 Å². The molecule has 1 saturated heterocycles. The van der Waals surface area contributed by atoms with Gasteiger partial charge in [0.05, 0.1) is 21.6 Å². The molecule has 1 amide bonds. The van der Waals surface area contributed by atoms with Gasteiger partial charge in [-0.25, -0.2) is 4.98 Å². The number of nitrogens with zero attached hydrogens (tertiary/aromatic N) is 1. The lowest BCUT2D eigenvalue weighted by atomic mass is 9.98. The first-order valence-corrected chi connectivity index (χ1v) is 7.20. The molecule has 2 heterocycles. The van der Waals surface area contributed by atoms with Gasteiger partial charge in [0.25, 0.3) is 5.91 Å². The number of carbonyl (C=O) groups is 1. The maximum Gasteiger partial charge on any atom is 0.252 e. The highest BCUT2D eigenvalue weighted by atomic mass is 35.5. The van der Waals surface area contributed by atoms with Crippen molar-refractivity contribution in [3.05, 3.63) is 28.5 Å². The number of nitrogens with two attached hydrogens (primary N) is 1. The molecule has 4 rings (SSSR count). The summed E-state index contributed by atoms with van der Waals surface area (Å²) in [5, 5.41) is 3.92. The molecule has 2 aromatic rings. The fourth-order valence-electron chi connectivity index (χ4n) is 3.63. The Kier molecular flexibility index (Phi) is 2.41. The minimum atomic E-state index is -0.542. The number of H-pyrrole nitrogens is 1. The van der Waals surface area contributed by atoms with E-state index in [9.17, 15) is 4.79 Å². The van der Waals surface area contributed by atoms with E-state index in [0.29, 0.717) is 16.1 Å². The normalized spacial score (nSPS) is 28.4.